The molecule has 0 radical (unpaired) electrons. The predicted molar refractivity (Wildman–Crippen MR) is 115 cm³/mol. The number of amides is 1. The highest BCUT2D eigenvalue weighted by Crippen LogP contribution is 2.58. The van der Waals surface area contributed by atoms with Gasteiger partial charge in [-0.1, -0.05) is 18.5 Å². The number of epoxide rings is 1. The van der Waals surface area contributed by atoms with E-state index in [1.807, 2.05) is 0 Å². The summed E-state index contributed by atoms with van der Waals surface area (Å²) in [5.41, 5.74) is -0.539. The van der Waals surface area contributed by atoms with E-state index in [2.05, 4.69) is 12.2 Å². The van der Waals surface area contributed by atoms with E-state index in [1.54, 1.807) is 0 Å². The Bertz CT molecular complexity index is 1240. The Morgan fingerprint density at radius 3 is 2.42 bits per heavy atom. The highest BCUT2D eigenvalue weighted by atomic mass is 35.5. The van der Waals surface area contributed by atoms with Gasteiger partial charge in [-0.3, -0.25) is 4.79 Å². The van der Waals surface area contributed by atoms with Crippen molar-refractivity contribution < 1.29 is 31.1 Å². The highest BCUT2D eigenvalue weighted by molar-refractivity contribution is 7.92. The van der Waals surface area contributed by atoms with Gasteiger partial charge >= 0.3 is 0 Å². The van der Waals surface area contributed by atoms with Gasteiger partial charge in [0.1, 0.15) is 0 Å². The zero-order chi connectivity index (χ0) is 23.7. The van der Waals surface area contributed by atoms with Gasteiger partial charge in [0.2, 0.25) is 0 Å². The largest absolute Gasteiger partial charge is 0.370 e. The maximum atomic E-state index is 13.7. The predicted octanol–water partition coefficient (Wildman–Crippen LogP) is 4.99. The molecule has 1 amide bonds. The molecule has 5 nitrogen and oxygen atoms in total. The van der Waals surface area contributed by atoms with Crippen LogP contribution >= 0.6 is 11.6 Å². The van der Waals surface area contributed by atoms with Crippen LogP contribution in [0.1, 0.15) is 36.5 Å². The van der Waals surface area contributed by atoms with Crippen LogP contribution in [0.4, 0.5) is 18.9 Å². The summed E-state index contributed by atoms with van der Waals surface area (Å²) >= 11 is 6.27. The number of anilines is 1. The summed E-state index contributed by atoms with van der Waals surface area (Å²) in [7, 11) is -3.87. The smallest absolute Gasteiger partial charge is 0.255 e. The van der Waals surface area contributed by atoms with Crippen molar-refractivity contribution in [1.29, 1.82) is 0 Å². The summed E-state index contributed by atoms with van der Waals surface area (Å²) in [4.78, 5) is 12.5. The average Bonchev–Trinajstić information content (AvgIpc) is 3.44. The fraction of sp³-hybridized carbons (Fsp3) is 0.435. The number of halogens is 4. The number of rotatable bonds is 4. The Labute approximate surface area is 194 Å². The number of carbonyl (C=O) groups is 1. The van der Waals surface area contributed by atoms with E-state index in [1.165, 1.54) is 18.2 Å². The lowest BCUT2D eigenvalue weighted by atomic mass is 9.79. The first-order chi connectivity index (χ1) is 15.5. The van der Waals surface area contributed by atoms with E-state index in [4.69, 9.17) is 16.3 Å². The van der Waals surface area contributed by atoms with Crippen molar-refractivity contribution in [3.63, 3.8) is 0 Å². The van der Waals surface area contributed by atoms with Crippen molar-refractivity contribution in [2.45, 2.75) is 41.9 Å². The number of sulfone groups is 1. The lowest BCUT2D eigenvalue weighted by Crippen LogP contribution is -2.41. The zero-order valence-electron chi connectivity index (χ0n) is 17.6. The number of benzene rings is 2. The van der Waals surface area contributed by atoms with Gasteiger partial charge in [0, 0.05) is 23.4 Å². The molecule has 2 saturated carbocycles. The van der Waals surface area contributed by atoms with Crippen molar-refractivity contribution in [3.8, 4) is 0 Å². The molecule has 5 atom stereocenters. The first-order valence-corrected chi connectivity index (χ1v) is 12.6. The molecule has 1 spiro atoms. The summed E-state index contributed by atoms with van der Waals surface area (Å²) in [6.45, 7) is 2.72. The van der Waals surface area contributed by atoms with Crippen LogP contribution < -0.4 is 5.32 Å². The number of carbonyl (C=O) groups excluding carboxylic acids is 1. The molecular weight excluding hydrogens is 479 g/mol. The Kier molecular flexibility index (Phi) is 5.30. The van der Waals surface area contributed by atoms with Gasteiger partial charge in [0.05, 0.1) is 27.4 Å². The highest BCUT2D eigenvalue weighted by Gasteiger charge is 2.61. The van der Waals surface area contributed by atoms with Gasteiger partial charge in [0.25, 0.3) is 5.91 Å². The van der Waals surface area contributed by atoms with E-state index in [-0.39, 0.29) is 44.5 Å². The molecule has 1 aliphatic heterocycles. The van der Waals surface area contributed by atoms with Gasteiger partial charge in [-0.15, -0.1) is 0 Å². The SMILES string of the molecule is C[C@H]1C[C@H]2C[C@]3(CO3)CC1C2S(=O)(=O)c1cc(C(=O)Nc2cc(F)c(F)c(F)c2)ccc1Cl. The zero-order valence-corrected chi connectivity index (χ0v) is 19.2. The molecule has 2 aromatic carbocycles. The van der Waals surface area contributed by atoms with Crippen LogP contribution in [0.15, 0.2) is 35.2 Å². The van der Waals surface area contributed by atoms with E-state index in [0.717, 1.165) is 6.42 Å². The third-order valence-corrected chi connectivity index (χ3v) is 10.0. The van der Waals surface area contributed by atoms with Crippen LogP contribution in [0.2, 0.25) is 5.02 Å². The molecule has 5 rings (SSSR count). The van der Waals surface area contributed by atoms with Gasteiger partial charge < -0.3 is 10.1 Å². The minimum absolute atomic E-state index is 0.000401. The van der Waals surface area contributed by atoms with Crippen LogP contribution in [0.5, 0.6) is 0 Å². The molecule has 2 bridgehead atoms. The standard InChI is InChI=1S/C23H21ClF3NO4S/c1-11-4-13-8-23(10-32-23)9-15(11)21(13)33(30,31)19-5-12(2-3-16(19)24)22(29)28-14-6-17(25)20(27)18(26)7-14/h2-3,5-7,11,13,15,21H,4,8-10H2,1H3,(H,28,29)/t11-,13-,15?,21?,23+/m0/s1. The maximum absolute atomic E-state index is 13.7. The first-order valence-electron chi connectivity index (χ1n) is 10.6. The molecule has 1 N–H and O–H groups in total. The molecule has 1 heterocycles. The Hall–Kier alpha value is -2.10. The molecule has 2 aromatic rings. The van der Waals surface area contributed by atoms with Crippen LogP contribution in [-0.4, -0.2) is 31.8 Å². The molecule has 3 fully saturated rings. The van der Waals surface area contributed by atoms with Crippen LogP contribution in [0, 0.1) is 35.2 Å². The maximum Gasteiger partial charge on any atom is 0.255 e. The number of ether oxygens (including phenoxy) is 1. The second-order valence-electron chi connectivity index (χ2n) is 9.38. The monoisotopic (exact) mass is 499 g/mol. The third-order valence-electron chi connectivity index (χ3n) is 7.19. The fourth-order valence-corrected chi connectivity index (χ4v) is 8.53. The lowest BCUT2D eigenvalue weighted by molar-refractivity contribution is 0.102. The Morgan fingerprint density at radius 1 is 1.15 bits per heavy atom. The molecular formula is C23H21ClF3NO4S. The van der Waals surface area contributed by atoms with Crippen LogP contribution in [0.3, 0.4) is 0 Å². The quantitative estimate of drug-likeness (QED) is 0.475. The second-order valence-corrected chi connectivity index (χ2v) is 11.9. The van der Waals surface area contributed by atoms with E-state index < -0.39 is 38.4 Å². The minimum Gasteiger partial charge on any atom is -0.370 e. The molecule has 176 valence electrons. The molecule has 1 saturated heterocycles. The third kappa shape index (κ3) is 3.84. The van der Waals surface area contributed by atoms with Crippen molar-refractivity contribution in [2.75, 3.05) is 11.9 Å². The van der Waals surface area contributed by atoms with Gasteiger partial charge in [-0.2, -0.15) is 0 Å². The van der Waals surface area contributed by atoms with Crippen molar-refractivity contribution in [2.24, 2.45) is 17.8 Å². The normalized spacial score (nSPS) is 30.5. The fourth-order valence-electron chi connectivity index (χ4n) is 5.63. The number of hydrogen-bond acceptors (Lipinski definition) is 4. The van der Waals surface area contributed by atoms with Gasteiger partial charge in [-0.25, -0.2) is 21.6 Å². The molecule has 10 heteroatoms. The Morgan fingerprint density at radius 2 is 1.82 bits per heavy atom. The molecule has 2 aliphatic carbocycles. The summed E-state index contributed by atoms with van der Waals surface area (Å²) < 4.78 is 73.2. The van der Waals surface area contributed by atoms with Crippen molar-refractivity contribution >= 4 is 33.0 Å². The molecule has 2 unspecified atom stereocenters. The number of fused-ring (bicyclic) bond motifs is 2. The van der Waals surface area contributed by atoms with Gasteiger partial charge in [0.15, 0.2) is 27.3 Å². The second kappa shape index (κ2) is 7.71. The van der Waals surface area contributed by atoms with Crippen LogP contribution in [0.25, 0.3) is 0 Å². The average molecular weight is 500 g/mol. The first kappa shape index (κ1) is 22.7. The summed E-state index contributed by atoms with van der Waals surface area (Å²) in [6.07, 6.45) is 2.17. The summed E-state index contributed by atoms with van der Waals surface area (Å²) in [6, 6.07) is 5.10. The molecule has 0 aromatic heterocycles. The van der Waals surface area contributed by atoms with Crippen LogP contribution in [-0.2, 0) is 14.6 Å². The number of hydrogen-bond donors (Lipinski definition) is 1. The van der Waals surface area contributed by atoms with E-state index in [0.29, 0.717) is 31.6 Å². The van der Waals surface area contributed by atoms with Gasteiger partial charge in [-0.05, 0) is 55.2 Å². The summed E-state index contributed by atoms with van der Waals surface area (Å²) in [5.74, 6) is -5.25. The van der Waals surface area contributed by atoms with Crippen molar-refractivity contribution in [1.82, 2.24) is 0 Å². The minimum atomic E-state index is -3.87. The topological polar surface area (TPSA) is 75.8 Å². The summed E-state index contributed by atoms with van der Waals surface area (Å²) in [5, 5.41) is 1.65. The van der Waals surface area contributed by atoms with E-state index in [9.17, 15) is 26.4 Å². The van der Waals surface area contributed by atoms with E-state index >= 15 is 0 Å². The number of nitrogens with one attached hydrogen (secondary N) is 1. The lowest BCUT2D eigenvalue weighted by Gasteiger charge is -2.34. The Balaban J connectivity index is 1.44. The molecule has 3 aliphatic rings. The van der Waals surface area contributed by atoms with Crippen molar-refractivity contribution in [3.05, 3.63) is 58.4 Å². The molecule has 33 heavy (non-hydrogen) atoms.